The van der Waals surface area contributed by atoms with E-state index in [-0.39, 0.29) is 25.8 Å². The first-order valence-electron chi connectivity index (χ1n) is 14.1. The quantitative estimate of drug-likeness (QED) is 0.0800. The van der Waals surface area contributed by atoms with Crippen LogP contribution in [0.25, 0.3) is 0 Å². The van der Waals surface area contributed by atoms with Crippen molar-refractivity contribution in [2.45, 2.75) is 116 Å². The Bertz CT molecular complexity index is 513. The van der Waals surface area contributed by atoms with Crippen molar-refractivity contribution in [2.24, 2.45) is 0 Å². The third-order valence-corrected chi connectivity index (χ3v) is 8.12. The average Bonchev–Trinajstić information content (AvgIpc) is 2.83. The number of ether oxygens (including phenoxy) is 2. The molecule has 8 nitrogen and oxygen atoms in total. The molecule has 0 aliphatic heterocycles. The number of rotatable bonds is 26. The molecule has 0 bridgehead atoms. The van der Waals surface area contributed by atoms with Crippen molar-refractivity contribution in [3.63, 3.8) is 0 Å². The second-order valence-corrected chi connectivity index (χ2v) is 14.0. The molecule has 0 aromatic rings. The summed E-state index contributed by atoms with van der Waals surface area (Å²) in [6, 6.07) is 0. The second-order valence-electron chi connectivity index (χ2n) is 10.0. The Morgan fingerprint density at radius 1 is 0.889 bits per heavy atom. The van der Waals surface area contributed by atoms with Crippen molar-refractivity contribution in [1.82, 2.24) is 4.90 Å². The monoisotopic (exact) mass is 557 g/mol. The summed E-state index contributed by atoms with van der Waals surface area (Å²) < 4.78 is 22.1. The predicted molar refractivity (Wildman–Crippen MR) is 153 cm³/mol. The first-order valence-corrected chi connectivity index (χ1v) is 17.6. The van der Waals surface area contributed by atoms with Gasteiger partial charge in [0.1, 0.15) is 0 Å². The Labute approximate surface area is 223 Å². The third kappa shape index (κ3) is 24.4. The van der Waals surface area contributed by atoms with Crippen LogP contribution in [0, 0.1) is 0 Å². The van der Waals surface area contributed by atoms with E-state index in [1.54, 1.807) is 6.92 Å². The van der Waals surface area contributed by atoms with E-state index in [1.165, 1.54) is 64.2 Å². The van der Waals surface area contributed by atoms with Gasteiger partial charge in [-0.25, -0.2) is 0 Å². The molecule has 36 heavy (non-hydrogen) atoms. The number of unbranched alkanes of at least 4 members (excludes halogenated alkanes) is 12. The van der Waals surface area contributed by atoms with Crippen molar-refractivity contribution in [3.05, 3.63) is 0 Å². The van der Waals surface area contributed by atoms with Crippen molar-refractivity contribution in [3.8, 4) is 0 Å². The number of hydrogen-bond acceptors (Lipinski definition) is 8. The topological polar surface area (TPSA) is 97.7 Å². The maximum atomic E-state index is 12.2. The van der Waals surface area contributed by atoms with Crippen LogP contribution in [0.2, 0.25) is 0 Å². The molecule has 0 saturated heterocycles. The summed E-state index contributed by atoms with van der Waals surface area (Å²) in [4.78, 5) is 24.5. The van der Waals surface area contributed by atoms with Gasteiger partial charge in [-0.15, -0.1) is 0 Å². The average molecular weight is 558 g/mol. The molecule has 0 fully saturated rings. The van der Waals surface area contributed by atoms with Crippen LogP contribution in [0.5, 0.6) is 0 Å². The van der Waals surface area contributed by atoms with Crippen LogP contribution >= 0.6 is 16.6 Å². The van der Waals surface area contributed by atoms with Crippen LogP contribution in [0.4, 0.5) is 0 Å². The molecule has 0 spiro atoms. The van der Waals surface area contributed by atoms with E-state index in [1.807, 2.05) is 19.0 Å². The van der Waals surface area contributed by atoms with E-state index in [9.17, 15) is 14.8 Å². The van der Waals surface area contributed by atoms with Gasteiger partial charge in [0.05, 0.1) is 0 Å². The van der Waals surface area contributed by atoms with E-state index >= 15 is 0 Å². The molecule has 3 unspecified atom stereocenters. The summed E-state index contributed by atoms with van der Waals surface area (Å²) >= 11 is 0. The number of aliphatic hydroxyl groups is 1. The fourth-order valence-electron chi connectivity index (χ4n) is 3.67. The van der Waals surface area contributed by atoms with Crippen LogP contribution in [0.1, 0.15) is 104 Å². The standard InChI is InChI=1S/C26H57NO7P2/c1-5-6-7-8-9-10-11-12-13-14-15-16-17-18-26(29)31-22-25(34-24(2)21-28)23-33-36(30,35)32-20-19-27(3)4/h24-25,28,30,36H,5-23,35H2,1-4H3. The van der Waals surface area contributed by atoms with E-state index in [0.29, 0.717) is 19.6 Å². The van der Waals surface area contributed by atoms with Crippen LogP contribution in [-0.2, 0) is 23.3 Å². The van der Waals surface area contributed by atoms with Crippen LogP contribution in [0.3, 0.4) is 0 Å². The molecule has 10 heteroatoms. The van der Waals surface area contributed by atoms with Gasteiger partial charge in [-0.05, 0) is 0 Å². The molecule has 0 aromatic carbocycles. The van der Waals surface area contributed by atoms with Crippen LogP contribution in [0.15, 0.2) is 0 Å². The number of hydrogen-bond donors (Lipinski definition) is 2. The summed E-state index contributed by atoms with van der Waals surface area (Å²) in [6.07, 6.45) is 15.7. The van der Waals surface area contributed by atoms with Gasteiger partial charge >= 0.3 is 165 Å². The molecule has 0 rings (SSSR count). The Morgan fingerprint density at radius 2 is 1.42 bits per heavy atom. The van der Waals surface area contributed by atoms with Gasteiger partial charge in [0.25, 0.3) is 0 Å². The van der Waals surface area contributed by atoms with E-state index in [4.69, 9.17) is 18.5 Å². The molecule has 2 N–H and O–H groups in total. The van der Waals surface area contributed by atoms with Crippen molar-refractivity contribution >= 4 is 22.5 Å². The van der Waals surface area contributed by atoms with Crippen molar-refractivity contribution in [1.29, 1.82) is 0 Å². The molecule has 218 valence electrons. The SMILES string of the molecule is CCCCCCCCCCCCCCCC(=O)OCC(CO[PH](O)(P)OCCN(C)C)OC(C)CO. The summed E-state index contributed by atoms with van der Waals surface area (Å²) in [7, 11) is 2.69. The Kier molecular flexibility index (Phi) is 24.2. The van der Waals surface area contributed by atoms with Gasteiger partial charge in [-0.3, -0.25) is 0 Å². The summed E-state index contributed by atoms with van der Waals surface area (Å²) in [5.74, 6) is -0.260. The Hall–Kier alpha value is 0.0900. The van der Waals surface area contributed by atoms with E-state index in [0.717, 1.165) is 19.3 Å². The molecular weight excluding hydrogens is 500 g/mol. The van der Waals surface area contributed by atoms with Gasteiger partial charge in [0, 0.05) is 0 Å². The molecule has 0 saturated carbocycles. The number of aliphatic hydroxyl groups excluding tert-OH is 1. The fourth-order valence-corrected chi connectivity index (χ4v) is 5.21. The Balaban J connectivity index is 3.98. The van der Waals surface area contributed by atoms with Gasteiger partial charge in [0.15, 0.2) is 0 Å². The first kappa shape index (κ1) is 36.1. The minimum absolute atomic E-state index is 0.00451. The first-order chi connectivity index (χ1) is 17.2. The molecule has 0 amide bonds. The van der Waals surface area contributed by atoms with Gasteiger partial charge in [-0.1, -0.05) is 58.3 Å². The Morgan fingerprint density at radius 3 is 1.92 bits per heavy atom. The zero-order valence-corrected chi connectivity index (χ0v) is 25.7. The zero-order chi connectivity index (χ0) is 27.1. The van der Waals surface area contributed by atoms with Crippen molar-refractivity contribution < 1.29 is 33.3 Å². The van der Waals surface area contributed by atoms with E-state index in [2.05, 4.69) is 15.9 Å². The summed E-state index contributed by atoms with van der Waals surface area (Å²) in [5, 5.41) is 9.30. The number of esters is 1. The normalized spacial score (nSPS) is 14.2. The minimum atomic E-state index is -3.40. The number of likely N-dealkylation sites (N-methyl/N-ethyl adjacent to an activating group) is 1. The molecule has 0 aromatic heterocycles. The van der Waals surface area contributed by atoms with Gasteiger partial charge in [0.2, 0.25) is 0 Å². The molecule has 0 aliphatic carbocycles. The summed E-state index contributed by atoms with van der Waals surface area (Å²) in [5.41, 5.74) is 0. The third-order valence-electron chi connectivity index (χ3n) is 5.92. The van der Waals surface area contributed by atoms with Gasteiger partial charge < -0.3 is 0 Å². The van der Waals surface area contributed by atoms with Gasteiger partial charge in [-0.2, -0.15) is 0 Å². The number of carbonyl (C=O) groups excluding carboxylic acids is 1. The molecule has 0 aliphatic rings. The fraction of sp³-hybridized carbons (Fsp3) is 0.962. The molecule has 0 radical (unpaired) electrons. The summed E-state index contributed by atoms with van der Waals surface area (Å²) in [6.45, 7) is 4.83. The van der Waals surface area contributed by atoms with E-state index < -0.39 is 19.8 Å². The molecule has 3 atom stereocenters. The molecule has 0 heterocycles. The number of carbonyl (C=O) groups is 1. The van der Waals surface area contributed by atoms with Crippen molar-refractivity contribution in [2.75, 3.05) is 47.1 Å². The molecular formula is C26H57NO7P2. The zero-order valence-electron chi connectivity index (χ0n) is 23.5. The maximum absolute atomic E-state index is 12.2. The predicted octanol–water partition coefficient (Wildman–Crippen LogP) is 5.65. The number of nitrogens with zero attached hydrogens (tertiary/aromatic N) is 1. The van der Waals surface area contributed by atoms with Crippen LogP contribution < -0.4 is 0 Å². The van der Waals surface area contributed by atoms with Crippen LogP contribution in [-0.4, -0.2) is 80.1 Å². The second kappa shape index (κ2) is 24.2.